The minimum absolute atomic E-state index is 1.07. The van der Waals surface area contributed by atoms with E-state index in [0.717, 1.165) is 18.5 Å². The summed E-state index contributed by atoms with van der Waals surface area (Å²) in [6.45, 7) is 0. The lowest BCUT2D eigenvalue weighted by Crippen LogP contribution is -1.99. The van der Waals surface area contributed by atoms with Gasteiger partial charge >= 0.3 is 0 Å². The summed E-state index contributed by atoms with van der Waals surface area (Å²) in [7, 11) is 0. The largest absolute Gasteiger partial charge is 0.309 e. The van der Waals surface area contributed by atoms with Crippen LogP contribution in [-0.4, -0.2) is 4.57 Å². The molecule has 1 aromatic heterocycles. The summed E-state index contributed by atoms with van der Waals surface area (Å²) in [6.07, 6.45) is 9.24. The summed E-state index contributed by atoms with van der Waals surface area (Å²) in [6, 6.07) is 58.6. The molecule has 1 aliphatic rings. The van der Waals surface area contributed by atoms with Gasteiger partial charge in [0.2, 0.25) is 0 Å². The molecule has 1 aliphatic carbocycles. The normalized spacial score (nSPS) is 13.4. The molecule has 0 bridgehead atoms. The predicted octanol–water partition coefficient (Wildman–Crippen LogP) is 13.9. The second kappa shape index (κ2) is 11.0. The third kappa shape index (κ3) is 4.16. The molecule has 0 N–H and O–H groups in total. The molecule has 0 aliphatic heterocycles. The van der Waals surface area contributed by atoms with Crippen LogP contribution >= 0.6 is 0 Å². The highest BCUT2D eigenvalue weighted by Crippen LogP contribution is 2.47. The van der Waals surface area contributed by atoms with Gasteiger partial charge in [-0.3, -0.25) is 0 Å². The van der Waals surface area contributed by atoms with E-state index in [0.29, 0.717) is 0 Å². The summed E-state index contributed by atoms with van der Waals surface area (Å²) in [5.74, 6) is 0. The van der Waals surface area contributed by atoms with Gasteiger partial charge in [0.25, 0.3) is 0 Å². The Hall–Kier alpha value is -6.44. The Labute approximate surface area is 296 Å². The standard InChI is InChI=1S/C50H33N/c1-4-14-32(15-5-1)46-38-22-10-11-23-39(38)47(33-16-6-2-7-17-33)43-30-36(28-29-41(43)46)45-31-44-40-24-12-18-34-26-27-35-19-13-25-42(49(35)48(34)40)50(44)51(45)37-20-8-3-9-21-37/h2-4,6-31H,1,5H2. The number of allylic oxidation sites excluding steroid dienone is 4. The molecule has 0 radical (unpaired) electrons. The van der Waals surface area contributed by atoms with Crippen LogP contribution in [0.25, 0.3) is 98.4 Å². The third-order valence-electron chi connectivity index (χ3n) is 11.1. The van der Waals surface area contributed by atoms with E-state index in [9.17, 15) is 0 Å². The van der Waals surface area contributed by atoms with Gasteiger partial charge in [0.15, 0.2) is 0 Å². The van der Waals surface area contributed by atoms with Crippen molar-refractivity contribution in [1.82, 2.24) is 4.57 Å². The van der Waals surface area contributed by atoms with Crippen LogP contribution in [0.15, 0.2) is 176 Å². The molecule has 0 atom stereocenters. The average Bonchev–Trinajstić information content (AvgIpc) is 3.61. The molecule has 51 heavy (non-hydrogen) atoms. The lowest BCUT2D eigenvalue weighted by Gasteiger charge is -2.20. The van der Waals surface area contributed by atoms with Crippen LogP contribution < -0.4 is 0 Å². The van der Waals surface area contributed by atoms with Gasteiger partial charge in [-0.25, -0.2) is 0 Å². The summed E-state index contributed by atoms with van der Waals surface area (Å²) in [5.41, 5.74) is 9.99. The number of aromatic nitrogens is 1. The number of para-hydroxylation sites is 1. The number of fused-ring (bicyclic) bond motifs is 5. The smallest absolute Gasteiger partial charge is 0.0620 e. The number of hydrogen-bond acceptors (Lipinski definition) is 0. The monoisotopic (exact) mass is 647 g/mol. The first-order valence-corrected chi connectivity index (χ1v) is 18.0. The molecule has 0 spiro atoms. The lowest BCUT2D eigenvalue weighted by molar-refractivity contribution is 1.04. The van der Waals surface area contributed by atoms with Crippen molar-refractivity contribution in [3.8, 4) is 28.1 Å². The maximum atomic E-state index is 2.51. The minimum atomic E-state index is 1.07. The Kier molecular flexibility index (Phi) is 6.15. The molecular weight excluding hydrogens is 615 g/mol. The van der Waals surface area contributed by atoms with E-state index in [-0.39, 0.29) is 0 Å². The first kappa shape index (κ1) is 28.4. The van der Waals surface area contributed by atoms with Crippen molar-refractivity contribution >= 4 is 70.3 Å². The van der Waals surface area contributed by atoms with Crippen molar-refractivity contribution in [2.24, 2.45) is 0 Å². The van der Waals surface area contributed by atoms with Crippen molar-refractivity contribution in [3.05, 3.63) is 182 Å². The molecule has 238 valence electrons. The van der Waals surface area contributed by atoms with E-state index in [1.807, 2.05) is 0 Å². The van der Waals surface area contributed by atoms with Crippen LogP contribution in [0.1, 0.15) is 18.4 Å². The summed E-state index contributed by atoms with van der Waals surface area (Å²) >= 11 is 0. The Morgan fingerprint density at radius 1 is 0.412 bits per heavy atom. The van der Waals surface area contributed by atoms with Crippen LogP contribution in [0.3, 0.4) is 0 Å². The van der Waals surface area contributed by atoms with Gasteiger partial charge in [0.05, 0.1) is 11.2 Å². The number of rotatable bonds is 4. The van der Waals surface area contributed by atoms with Gasteiger partial charge in [0, 0.05) is 16.5 Å². The molecule has 0 saturated carbocycles. The quantitative estimate of drug-likeness (QED) is 0.132. The van der Waals surface area contributed by atoms with Gasteiger partial charge in [-0.05, 0) is 113 Å². The van der Waals surface area contributed by atoms with Gasteiger partial charge in [0.1, 0.15) is 0 Å². The van der Waals surface area contributed by atoms with Crippen LogP contribution in [0, 0.1) is 0 Å². The van der Waals surface area contributed by atoms with E-state index in [1.54, 1.807) is 0 Å². The van der Waals surface area contributed by atoms with E-state index < -0.39 is 0 Å². The van der Waals surface area contributed by atoms with E-state index in [2.05, 4.69) is 181 Å². The van der Waals surface area contributed by atoms with Crippen LogP contribution in [0.4, 0.5) is 0 Å². The van der Waals surface area contributed by atoms with Crippen molar-refractivity contribution in [1.29, 1.82) is 0 Å². The molecule has 11 rings (SSSR count). The first-order valence-electron chi connectivity index (χ1n) is 18.0. The van der Waals surface area contributed by atoms with Gasteiger partial charge < -0.3 is 4.57 Å². The Bertz CT molecular complexity index is 3050. The zero-order chi connectivity index (χ0) is 33.5. The van der Waals surface area contributed by atoms with Crippen molar-refractivity contribution < 1.29 is 0 Å². The zero-order valence-electron chi connectivity index (χ0n) is 28.1. The molecule has 0 fully saturated rings. The Morgan fingerprint density at radius 3 is 1.80 bits per heavy atom. The van der Waals surface area contributed by atoms with Gasteiger partial charge in [-0.15, -0.1) is 0 Å². The van der Waals surface area contributed by atoms with Crippen LogP contribution in [0.2, 0.25) is 0 Å². The predicted molar refractivity (Wildman–Crippen MR) is 219 cm³/mol. The minimum Gasteiger partial charge on any atom is -0.309 e. The first-order chi connectivity index (χ1) is 25.3. The number of benzene rings is 9. The molecule has 1 heteroatoms. The molecule has 0 amide bonds. The summed E-state index contributed by atoms with van der Waals surface area (Å²) in [4.78, 5) is 0. The molecule has 1 nitrogen and oxygen atoms in total. The Morgan fingerprint density at radius 2 is 1.06 bits per heavy atom. The molecule has 0 saturated heterocycles. The van der Waals surface area contributed by atoms with E-state index in [1.165, 1.54) is 98.3 Å². The van der Waals surface area contributed by atoms with Gasteiger partial charge in [-0.2, -0.15) is 0 Å². The van der Waals surface area contributed by atoms with E-state index >= 15 is 0 Å². The molecule has 10 aromatic rings. The van der Waals surface area contributed by atoms with Gasteiger partial charge in [-0.1, -0.05) is 152 Å². The molecule has 1 heterocycles. The number of hydrogen-bond donors (Lipinski definition) is 0. The van der Waals surface area contributed by atoms with E-state index in [4.69, 9.17) is 0 Å². The lowest BCUT2D eigenvalue weighted by atomic mass is 9.84. The fourth-order valence-corrected chi connectivity index (χ4v) is 8.98. The highest BCUT2D eigenvalue weighted by Gasteiger charge is 2.23. The molecular formula is C50H33N. The van der Waals surface area contributed by atoms with Crippen molar-refractivity contribution in [2.75, 3.05) is 0 Å². The van der Waals surface area contributed by atoms with Crippen molar-refractivity contribution in [3.63, 3.8) is 0 Å². The zero-order valence-corrected chi connectivity index (χ0v) is 28.1. The highest BCUT2D eigenvalue weighted by molar-refractivity contribution is 6.34. The maximum Gasteiger partial charge on any atom is 0.0620 e. The topological polar surface area (TPSA) is 4.93 Å². The highest BCUT2D eigenvalue weighted by atomic mass is 15.0. The fourth-order valence-electron chi connectivity index (χ4n) is 8.98. The molecule has 9 aromatic carbocycles. The summed E-state index contributed by atoms with van der Waals surface area (Å²) in [5, 5.41) is 14.3. The second-order valence-electron chi connectivity index (χ2n) is 13.9. The third-order valence-corrected chi connectivity index (χ3v) is 11.1. The second-order valence-corrected chi connectivity index (χ2v) is 13.9. The maximum absolute atomic E-state index is 2.51. The van der Waals surface area contributed by atoms with Crippen molar-refractivity contribution in [2.45, 2.75) is 12.8 Å². The fraction of sp³-hybridized carbons (Fsp3) is 0.0400. The molecule has 0 unspecified atom stereocenters. The average molecular weight is 648 g/mol. The van der Waals surface area contributed by atoms with Crippen LogP contribution in [-0.2, 0) is 0 Å². The SMILES string of the molecule is C1=CC(c2c3ccccc3c(-c3ccccc3)c3cc(-c4cc5c6cccc7ccc8cccc(c8c76)c5n4-c4ccccc4)ccc23)=CCC1. The summed E-state index contributed by atoms with van der Waals surface area (Å²) < 4.78 is 2.51. The van der Waals surface area contributed by atoms with Crippen LogP contribution in [0.5, 0.6) is 0 Å². The Balaban J connectivity index is 1.31. The number of nitrogens with zero attached hydrogens (tertiary/aromatic N) is 1.